The van der Waals surface area contributed by atoms with Crippen LogP contribution in [0.5, 0.6) is 0 Å². The molecule has 0 amide bonds. The first kappa shape index (κ1) is 59.3. The largest absolute Gasteiger partial charge is 0.472 e. The highest BCUT2D eigenvalue weighted by Gasteiger charge is 2.51. The molecule has 368 valence electrons. The van der Waals surface area contributed by atoms with Gasteiger partial charge in [-0.3, -0.25) is 13.8 Å². The van der Waals surface area contributed by atoms with Crippen LogP contribution in [0.2, 0.25) is 0 Å². The van der Waals surface area contributed by atoms with E-state index < -0.39 is 63.1 Å². The minimum Gasteiger partial charge on any atom is -0.457 e. The molecule has 13 heteroatoms. The van der Waals surface area contributed by atoms with Crippen molar-refractivity contribution in [3.8, 4) is 0 Å². The van der Waals surface area contributed by atoms with Crippen LogP contribution in [0.1, 0.15) is 200 Å². The molecule has 0 radical (unpaired) electrons. The number of phosphoric ester groups is 1. The Balaban J connectivity index is 2.37. The second kappa shape index (κ2) is 40.6. The Morgan fingerprint density at radius 3 is 1.37 bits per heavy atom. The highest BCUT2D eigenvalue weighted by molar-refractivity contribution is 7.47. The lowest BCUT2D eigenvalue weighted by Crippen LogP contribution is -2.64. The number of aliphatic hydroxyl groups is 5. The molecule has 0 spiro atoms. The maximum Gasteiger partial charge on any atom is 0.472 e. The quantitative estimate of drug-likeness (QED) is 0.0147. The first-order chi connectivity index (χ1) is 30.5. The molecule has 63 heavy (non-hydrogen) atoms. The van der Waals surface area contributed by atoms with E-state index in [4.69, 9.17) is 18.5 Å². The molecule has 0 aliphatic heterocycles. The van der Waals surface area contributed by atoms with E-state index in [9.17, 15) is 39.8 Å². The fourth-order valence-corrected chi connectivity index (χ4v) is 8.39. The molecule has 0 saturated heterocycles. The van der Waals surface area contributed by atoms with Crippen LogP contribution in [0.4, 0.5) is 0 Å². The van der Waals surface area contributed by atoms with Crippen LogP contribution in [0.3, 0.4) is 0 Å². The van der Waals surface area contributed by atoms with Gasteiger partial charge in [0.1, 0.15) is 42.7 Å². The van der Waals surface area contributed by atoms with E-state index in [0.29, 0.717) is 13.0 Å². The van der Waals surface area contributed by atoms with Gasteiger partial charge in [0.2, 0.25) is 0 Å². The topological polar surface area (TPSA) is 192 Å². The minimum atomic E-state index is -5.03. The van der Waals surface area contributed by atoms with E-state index in [1.165, 1.54) is 96.3 Å². The molecule has 12 nitrogen and oxygen atoms in total. The van der Waals surface area contributed by atoms with Crippen LogP contribution in [-0.4, -0.2) is 98.9 Å². The third-order valence-corrected chi connectivity index (χ3v) is 12.4. The van der Waals surface area contributed by atoms with Gasteiger partial charge in [0.15, 0.2) is 0 Å². The Kier molecular flexibility index (Phi) is 38.2. The molecule has 6 N–H and O–H groups in total. The van der Waals surface area contributed by atoms with Crippen molar-refractivity contribution in [1.29, 1.82) is 0 Å². The van der Waals surface area contributed by atoms with Crippen LogP contribution < -0.4 is 0 Å². The number of rotatable bonds is 42. The first-order valence-electron chi connectivity index (χ1n) is 25.0. The summed E-state index contributed by atoms with van der Waals surface area (Å²) in [6.07, 6.45) is 37.4. The third kappa shape index (κ3) is 32.6. The van der Waals surface area contributed by atoms with E-state index >= 15 is 0 Å². The van der Waals surface area contributed by atoms with Crippen molar-refractivity contribution in [3.63, 3.8) is 0 Å². The predicted molar refractivity (Wildman–Crippen MR) is 253 cm³/mol. The lowest BCUT2D eigenvalue weighted by Gasteiger charge is -2.41. The van der Waals surface area contributed by atoms with E-state index in [2.05, 4.69) is 62.5 Å². The highest BCUT2D eigenvalue weighted by atomic mass is 31.2. The Morgan fingerprint density at radius 2 is 0.889 bits per heavy atom. The zero-order valence-electron chi connectivity index (χ0n) is 39.4. The fraction of sp³-hybridized carbons (Fsp3) is 0.820. The predicted octanol–water partition coefficient (Wildman–Crippen LogP) is 10.8. The van der Waals surface area contributed by atoms with E-state index in [-0.39, 0.29) is 13.0 Å². The van der Waals surface area contributed by atoms with Crippen molar-refractivity contribution in [2.24, 2.45) is 0 Å². The standard InChI is InChI=1S/C50H91O12P/c1-3-5-7-9-11-13-15-17-19-21-23-25-27-29-31-33-35-37-39-44(51)61-43(42-60-63(57,58)62-50-48(55)46(53)45(52)47(54)49(50)56)41-59-40-38-36-34-32-30-28-26-24-22-20-18-16-14-12-10-8-6-4-2/h12-15,18-21,43,45-50,52-56H,3-11,16-17,22-42H2,1-2H3,(H,57,58)/b14-12-,15-13-,20-18-,21-19-. The molecule has 0 aromatic heterocycles. The molecule has 0 bridgehead atoms. The molecule has 0 heterocycles. The number of aliphatic hydroxyl groups excluding tert-OH is 5. The maximum atomic E-state index is 12.8. The van der Waals surface area contributed by atoms with Gasteiger partial charge in [0.25, 0.3) is 0 Å². The number of hydrogen-bond donors (Lipinski definition) is 6. The summed E-state index contributed by atoms with van der Waals surface area (Å²) in [5, 5.41) is 50.3. The van der Waals surface area contributed by atoms with Gasteiger partial charge in [0, 0.05) is 13.0 Å². The van der Waals surface area contributed by atoms with E-state index in [1.54, 1.807) is 0 Å². The number of allylic oxidation sites excluding steroid dienone is 8. The number of phosphoric acid groups is 1. The van der Waals surface area contributed by atoms with Crippen LogP contribution in [0.25, 0.3) is 0 Å². The van der Waals surface area contributed by atoms with Crippen molar-refractivity contribution in [1.82, 2.24) is 0 Å². The summed E-state index contributed by atoms with van der Waals surface area (Å²) in [5.41, 5.74) is 0. The van der Waals surface area contributed by atoms with Crippen molar-refractivity contribution in [3.05, 3.63) is 48.6 Å². The summed E-state index contributed by atoms with van der Waals surface area (Å²) in [4.78, 5) is 23.2. The van der Waals surface area contributed by atoms with E-state index in [0.717, 1.165) is 77.0 Å². The number of unbranched alkanes of at least 4 members (excludes halogenated alkanes) is 22. The third-order valence-electron chi connectivity index (χ3n) is 11.4. The Bertz CT molecular complexity index is 1230. The van der Waals surface area contributed by atoms with Gasteiger partial charge in [-0.2, -0.15) is 0 Å². The van der Waals surface area contributed by atoms with Gasteiger partial charge >= 0.3 is 13.8 Å². The lowest BCUT2D eigenvalue weighted by atomic mass is 9.85. The van der Waals surface area contributed by atoms with Crippen LogP contribution >= 0.6 is 7.82 Å². The number of ether oxygens (including phenoxy) is 2. The van der Waals surface area contributed by atoms with Crippen molar-refractivity contribution < 1.29 is 58.3 Å². The van der Waals surface area contributed by atoms with Gasteiger partial charge in [-0.25, -0.2) is 4.57 Å². The lowest BCUT2D eigenvalue weighted by molar-refractivity contribution is -0.220. The van der Waals surface area contributed by atoms with Gasteiger partial charge < -0.3 is 39.9 Å². The number of carbonyl (C=O) groups is 1. The van der Waals surface area contributed by atoms with Gasteiger partial charge in [-0.05, 0) is 77.0 Å². The molecule has 1 fully saturated rings. The molecular weight excluding hydrogens is 824 g/mol. The molecule has 1 aliphatic carbocycles. The Hall–Kier alpha value is -1.70. The average molecular weight is 915 g/mol. The van der Waals surface area contributed by atoms with Crippen molar-refractivity contribution in [2.75, 3.05) is 19.8 Å². The average Bonchev–Trinajstić information content (AvgIpc) is 3.27. The van der Waals surface area contributed by atoms with Gasteiger partial charge in [-0.15, -0.1) is 0 Å². The summed E-state index contributed by atoms with van der Waals surface area (Å²) >= 11 is 0. The molecule has 1 aliphatic rings. The summed E-state index contributed by atoms with van der Waals surface area (Å²) in [6.45, 7) is 4.21. The zero-order chi connectivity index (χ0) is 46.2. The van der Waals surface area contributed by atoms with Gasteiger partial charge in [0.05, 0.1) is 13.2 Å². The summed E-state index contributed by atoms with van der Waals surface area (Å²) in [6, 6.07) is 0. The second-order valence-corrected chi connectivity index (χ2v) is 18.7. The Labute approximate surface area is 382 Å². The maximum absolute atomic E-state index is 12.8. The van der Waals surface area contributed by atoms with Crippen molar-refractivity contribution in [2.45, 2.75) is 243 Å². The highest BCUT2D eigenvalue weighted by Crippen LogP contribution is 2.47. The minimum absolute atomic E-state index is 0.0846. The second-order valence-electron chi connectivity index (χ2n) is 17.3. The monoisotopic (exact) mass is 915 g/mol. The van der Waals surface area contributed by atoms with E-state index in [1.807, 2.05) is 0 Å². The molecule has 1 saturated carbocycles. The molecular formula is C50H91O12P. The molecule has 6 unspecified atom stereocenters. The number of carbonyl (C=O) groups excluding carboxylic acids is 1. The van der Waals surface area contributed by atoms with Gasteiger partial charge in [-0.1, -0.05) is 165 Å². The summed E-state index contributed by atoms with van der Waals surface area (Å²) in [7, 11) is -5.03. The zero-order valence-corrected chi connectivity index (χ0v) is 40.3. The normalized spacial score (nSPS) is 22.2. The number of esters is 1. The molecule has 6 atom stereocenters. The first-order valence-corrected chi connectivity index (χ1v) is 26.5. The molecule has 0 aromatic rings. The van der Waals surface area contributed by atoms with Crippen molar-refractivity contribution >= 4 is 13.8 Å². The number of hydrogen-bond acceptors (Lipinski definition) is 11. The molecule has 0 aromatic carbocycles. The summed E-state index contributed by atoms with van der Waals surface area (Å²) in [5.74, 6) is -0.487. The molecule has 1 rings (SSSR count). The van der Waals surface area contributed by atoms with Crippen LogP contribution in [0.15, 0.2) is 48.6 Å². The Morgan fingerprint density at radius 1 is 0.508 bits per heavy atom. The van der Waals surface area contributed by atoms with Crippen LogP contribution in [0, 0.1) is 0 Å². The summed E-state index contributed by atoms with van der Waals surface area (Å²) < 4.78 is 34.3. The SMILES string of the molecule is CCCCC/C=C\C/C=C\CCCCCCCCCCOCC(COP(=O)(O)OC1C(O)C(O)C(O)C(O)C1O)OC(=O)CCCCCCCCC/C=C\C/C=C\CCCCCC. The fourth-order valence-electron chi connectivity index (χ4n) is 7.42. The smallest absolute Gasteiger partial charge is 0.457 e. The van der Waals surface area contributed by atoms with Crippen LogP contribution in [-0.2, 0) is 27.9 Å².